The van der Waals surface area contributed by atoms with Gasteiger partial charge in [0.15, 0.2) is 0 Å². The highest BCUT2D eigenvalue weighted by Gasteiger charge is 2.41. The molecule has 2 fully saturated rings. The Bertz CT molecular complexity index is 277. The van der Waals surface area contributed by atoms with Gasteiger partial charge in [-0.05, 0) is 40.5 Å². The molecule has 18 heavy (non-hydrogen) atoms. The van der Waals surface area contributed by atoms with Crippen molar-refractivity contribution < 1.29 is 9.84 Å². The molecule has 1 saturated heterocycles. The van der Waals surface area contributed by atoms with E-state index in [2.05, 4.69) is 32.6 Å². The standard InChI is InChI=1S/C15H29NO2/c1-13(2)10-16(11-14(3,4)18-13)12-15(17)8-6-5-7-9-15/h17H,5-12H2,1-4H3. The molecule has 0 aromatic rings. The lowest BCUT2D eigenvalue weighted by atomic mass is 9.83. The van der Waals surface area contributed by atoms with Gasteiger partial charge in [0.1, 0.15) is 0 Å². The minimum atomic E-state index is -0.457. The summed E-state index contributed by atoms with van der Waals surface area (Å²) in [5, 5.41) is 10.7. The van der Waals surface area contributed by atoms with Crippen molar-refractivity contribution >= 4 is 0 Å². The maximum absolute atomic E-state index is 10.7. The topological polar surface area (TPSA) is 32.7 Å². The SMILES string of the molecule is CC1(C)CN(CC2(O)CCCCC2)CC(C)(C)O1. The second-order valence-electron chi connectivity index (χ2n) is 7.55. The molecule has 0 aromatic carbocycles. The van der Waals surface area contributed by atoms with Gasteiger partial charge in [-0.3, -0.25) is 4.90 Å². The van der Waals surface area contributed by atoms with Crippen LogP contribution in [0.5, 0.6) is 0 Å². The molecule has 0 unspecified atom stereocenters. The normalized spacial score (nSPS) is 31.2. The molecule has 1 N–H and O–H groups in total. The molecule has 1 saturated carbocycles. The summed E-state index contributed by atoms with van der Waals surface area (Å²) in [5.74, 6) is 0. The summed E-state index contributed by atoms with van der Waals surface area (Å²) in [7, 11) is 0. The summed E-state index contributed by atoms with van der Waals surface area (Å²) in [6, 6.07) is 0. The smallest absolute Gasteiger partial charge is 0.0774 e. The summed E-state index contributed by atoms with van der Waals surface area (Å²) in [6.07, 6.45) is 5.56. The van der Waals surface area contributed by atoms with Gasteiger partial charge >= 0.3 is 0 Å². The number of hydrogen-bond donors (Lipinski definition) is 1. The van der Waals surface area contributed by atoms with Gasteiger partial charge in [0, 0.05) is 19.6 Å². The molecular formula is C15H29NO2. The molecule has 3 heteroatoms. The molecule has 0 amide bonds. The zero-order chi connectivity index (χ0) is 13.4. The number of aliphatic hydroxyl groups is 1. The van der Waals surface area contributed by atoms with Crippen LogP contribution in [0.15, 0.2) is 0 Å². The highest BCUT2D eigenvalue weighted by Crippen LogP contribution is 2.33. The lowest BCUT2D eigenvalue weighted by Gasteiger charge is -2.49. The van der Waals surface area contributed by atoms with Gasteiger partial charge in [0.2, 0.25) is 0 Å². The van der Waals surface area contributed by atoms with Gasteiger partial charge < -0.3 is 9.84 Å². The van der Waals surface area contributed by atoms with Crippen molar-refractivity contribution in [3.8, 4) is 0 Å². The van der Waals surface area contributed by atoms with E-state index in [0.29, 0.717) is 0 Å². The Morgan fingerprint density at radius 3 is 1.94 bits per heavy atom. The second kappa shape index (κ2) is 4.77. The van der Waals surface area contributed by atoms with E-state index in [9.17, 15) is 5.11 Å². The number of morpholine rings is 1. The lowest BCUT2D eigenvalue weighted by molar-refractivity contribution is -0.190. The Morgan fingerprint density at radius 1 is 0.944 bits per heavy atom. The fourth-order valence-electron chi connectivity index (χ4n) is 3.84. The molecule has 0 spiro atoms. The van der Waals surface area contributed by atoms with Crippen LogP contribution in [0, 0.1) is 0 Å². The van der Waals surface area contributed by atoms with Gasteiger partial charge in [0.25, 0.3) is 0 Å². The molecule has 3 nitrogen and oxygen atoms in total. The van der Waals surface area contributed by atoms with Gasteiger partial charge in [-0.1, -0.05) is 19.3 Å². The highest BCUT2D eigenvalue weighted by molar-refractivity contribution is 4.93. The van der Waals surface area contributed by atoms with Crippen LogP contribution in [0.25, 0.3) is 0 Å². The van der Waals surface area contributed by atoms with E-state index < -0.39 is 5.60 Å². The van der Waals surface area contributed by atoms with Crippen LogP contribution in [0.2, 0.25) is 0 Å². The molecule has 0 radical (unpaired) electrons. The second-order valence-corrected chi connectivity index (χ2v) is 7.55. The average molecular weight is 255 g/mol. The molecule has 106 valence electrons. The fourth-order valence-corrected chi connectivity index (χ4v) is 3.84. The maximum Gasteiger partial charge on any atom is 0.0774 e. The number of ether oxygens (including phenoxy) is 1. The van der Waals surface area contributed by atoms with Crippen molar-refractivity contribution in [1.29, 1.82) is 0 Å². The largest absolute Gasteiger partial charge is 0.389 e. The Morgan fingerprint density at radius 2 is 1.44 bits per heavy atom. The van der Waals surface area contributed by atoms with E-state index in [1.807, 2.05) is 0 Å². The first-order valence-electron chi connectivity index (χ1n) is 7.35. The average Bonchev–Trinajstić information content (AvgIpc) is 2.11. The summed E-state index contributed by atoms with van der Waals surface area (Å²) < 4.78 is 6.09. The Labute approximate surface area is 112 Å². The molecule has 1 aliphatic carbocycles. The zero-order valence-corrected chi connectivity index (χ0v) is 12.5. The minimum Gasteiger partial charge on any atom is -0.389 e. The predicted octanol–water partition coefficient (Wildman–Crippen LogP) is 2.57. The lowest BCUT2D eigenvalue weighted by Crippen LogP contribution is -2.60. The summed E-state index contributed by atoms with van der Waals surface area (Å²) in [4.78, 5) is 2.40. The van der Waals surface area contributed by atoms with Crippen LogP contribution in [0.3, 0.4) is 0 Å². The van der Waals surface area contributed by atoms with Crippen LogP contribution in [0.4, 0.5) is 0 Å². The van der Waals surface area contributed by atoms with Crippen LogP contribution >= 0.6 is 0 Å². The van der Waals surface area contributed by atoms with E-state index in [1.165, 1.54) is 19.3 Å². The van der Waals surface area contributed by atoms with E-state index in [0.717, 1.165) is 32.5 Å². The fraction of sp³-hybridized carbons (Fsp3) is 1.00. The van der Waals surface area contributed by atoms with Gasteiger partial charge in [-0.25, -0.2) is 0 Å². The van der Waals surface area contributed by atoms with Crippen molar-refractivity contribution in [1.82, 2.24) is 4.90 Å². The van der Waals surface area contributed by atoms with Crippen molar-refractivity contribution in [3.05, 3.63) is 0 Å². The molecule has 2 rings (SSSR count). The Balaban J connectivity index is 2.00. The quantitative estimate of drug-likeness (QED) is 0.823. The molecule has 0 bridgehead atoms. The number of nitrogens with zero attached hydrogens (tertiary/aromatic N) is 1. The number of rotatable bonds is 2. The third-order valence-electron chi connectivity index (χ3n) is 4.06. The third kappa shape index (κ3) is 3.69. The molecule has 1 heterocycles. The first-order valence-corrected chi connectivity index (χ1v) is 7.35. The third-order valence-corrected chi connectivity index (χ3v) is 4.06. The monoisotopic (exact) mass is 255 g/mol. The van der Waals surface area contributed by atoms with Crippen LogP contribution in [0.1, 0.15) is 59.8 Å². The minimum absolute atomic E-state index is 0.118. The zero-order valence-electron chi connectivity index (χ0n) is 12.5. The number of hydrogen-bond acceptors (Lipinski definition) is 3. The van der Waals surface area contributed by atoms with Crippen molar-refractivity contribution in [2.45, 2.75) is 76.6 Å². The van der Waals surface area contributed by atoms with Crippen LogP contribution in [-0.4, -0.2) is 46.4 Å². The number of β-amino-alcohol motifs (C(OH)–C–C–N with tert-alkyl or cyclic N) is 1. The molecule has 1 aliphatic heterocycles. The van der Waals surface area contributed by atoms with E-state index >= 15 is 0 Å². The van der Waals surface area contributed by atoms with Crippen molar-refractivity contribution in [3.63, 3.8) is 0 Å². The molecule has 0 atom stereocenters. The summed E-state index contributed by atoms with van der Waals surface area (Å²) >= 11 is 0. The van der Waals surface area contributed by atoms with Crippen molar-refractivity contribution in [2.75, 3.05) is 19.6 Å². The summed E-state index contributed by atoms with van der Waals surface area (Å²) in [6.45, 7) is 11.2. The first-order chi connectivity index (χ1) is 8.20. The molecule has 2 aliphatic rings. The Hall–Kier alpha value is -0.120. The maximum atomic E-state index is 10.7. The highest BCUT2D eigenvalue weighted by atomic mass is 16.5. The van der Waals surface area contributed by atoms with E-state index in [1.54, 1.807) is 0 Å². The van der Waals surface area contributed by atoms with E-state index in [4.69, 9.17) is 4.74 Å². The summed E-state index contributed by atoms with van der Waals surface area (Å²) in [5.41, 5.74) is -0.693. The molecular weight excluding hydrogens is 226 g/mol. The Kier molecular flexibility index (Phi) is 3.79. The van der Waals surface area contributed by atoms with Gasteiger partial charge in [-0.2, -0.15) is 0 Å². The predicted molar refractivity (Wildman–Crippen MR) is 73.7 cm³/mol. The van der Waals surface area contributed by atoms with Crippen molar-refractivity contribution in [2.24, 2.45) is 0 Å². The van der Waals surface area contributed by atoms with Crippen LogP contribution in [-0.2, 0) is 4.74 Å². The van der Waals surface area contributed by atoms with Crippen LogP contribution < -0.4 is 0 Å². The van der Waals surface area contributed by atoms with Gasteiger partial charge in [0.05, 0.1) is 16.8 Å². The van der Waals surface area contributed by atoms with E-state index in [-0.39, 0.29) is 11.2 Å². The molecule has 0 aromatic heterocycles. The van der Waals surface area contributed by atoms with Gasteiger partial charge in [-0.15, -0.1) is 0 Å². The first kappa shape index (κ1) is 14.3.